The van der Waals surface area contributed by atoms with Gasteiger partial charge in [-0.3, -0.25) is 0 Å². The molecule has 1 aromatic carbocycles. The van der Waals surface area contributed by atoms with Crippen molar-refractivity contribution in [3.8, 4) is 11.3 Å². The van der Waals surface area contributed by atoms with Crippen LogP contribution in [0.15, 0.2) is 67.1 Å². The molecule has 0 amide bonds. The highest BCUT2D eigenvalue weighted by Gasteiger charge is 2.27. The molecule has 7 heteroatoms. The van der Waals surface area contributed by atoms with E-state index < -0.39 is 5.92 Å². The Morgan fingerprint density at radius 3 is 2.67 bits per heavy atom. The van der Waals surface area contributed by atoms with Crippen LogP contribution >= 0.6 is 0 Å². The van der Waals surface area contributed by atoms with Crippen LogP contribution in [-0.4, -0.2) is 30.1 Å². The number of nitrogens with one attached hydrogen (secondary N) is 1. The molecular formula is C26H29F2N5. The highest BCUT2D eigenvalue weighted by Crippen LogP contribution is 2.39. The summed E-state index contributed by atoms with van der Waals surface area (Å²) in [5, 5.41) is 3.28. The second-order valence-electron chi connectivity index (χ2n) is 8.37. The smallest absolute Gasteiger partial charge is 0.270 e. The quantitative estimate of drug-likeness (QED) is 0.497. The van der Waals surface area contributed by atoms with Crippen molar-refractivity contribution >= 4 is 17.3 Å². The van der Waals surface area contributed by atoms with Crippen LogP contribution in [0, 0.1) is 0 Å². The third-order valence-electron chi connectivity index (χ3n) is 5.88. The number of fused-ring (bicyclic) bond motifs is 1. The van der Waals surface area contributed by atoms with Crippen LogP contribution in [0.3, 0.4) is 0 Å². The second kappa shape index (κ2) is 9.17. The Bertz CT molecular complexity index is 1140. The fourth-order valence-corrected chi connectivity index (χ4v) is 4.15. The zero-order chi connectivity index (χ0) is 23.6. The number of nitrogens with zero attached hydrogens (tertiary/aromatic N) is 4. The zero-order valence-corrected chi connectivity index (χ0v) is 19.3. The van der Waals surface area contributed by atoms with Gasteiger partial charge in [-0.1, -0.05) is 37.8 Å². The van der Waals surface area contributed by atoms with E-state index in [0.29, 0.717) is 22.9 Å². The Balaban J connectivity index is 1.81. The SMILES string of the molecule is C=C(Nc1ccccn1)N1CCCN(C)c2c(CC)cc(-c3cccc(C(C)(F)F)c3)nc21. The molecular weight excluding hydrogens is 420 g/mol. The Kier molecular flexibility index (Phi) is 6.31. The van der Waals surface area contributed by atoms with E-state index in [2.05, 4.69) is 40.7 Å². The van der Waals surface area contributed by atoms with Crippen LogP contribution in [0.4, 0.5) is 26.1 Å². The summed E-state index contributed by atoms with van der Waals surface area (Å²) < 4.78 is 28.0. The molecule has 0 saturated heterocycles. The summed E-state index contributed by atoms with van der Waals surface area (Å²) in [5.74, 6) is -0.772. The molecule has 0 saturated carbocycles. The van der Waals surface area contributed by atoms with E-state index in [4.69, 9.17) is 4.98 Å². The van der Waals surface area contributed by atoms with Crippen LogP contribution in [0.5, 0.6) is 0 Å². The maximum atomic E-state index is 14.0. The largest absolute Gasteiger partial charge is 0.371 e. The lowest BCUT2D eigenvalue weighted by molar-refractivity contribution is 0.0175. The van der Waals surface area contributed by atoms with Gasteiger partial charge in [0.15, 0.2) is 5.82 Å². The van der Waals surface area contributed by atoms with Gasteiger partial charge in [0.05, 0.1) is 11.4 Å². The highest BCUT2D eigenvalue weighted by molar-refractivity contribution is 5.78. The molecule has 0 bridgehead atoms. The molecule has 0 fully saturated rings. The van der Waals surface area contributed by atoms with Crippen molar-refractivity contribution in [2.24, 2.45) is 0 Å². The molecule has 172 valence electrons. The minimum atomic E-state index is -2.91. The average Bonchev–Trinajstić information content (AvgIpc) is 2.97. The van der Waals surface area contributed by atoms with E-state index in [1.807, 2.05) is 30.3 Å². The number of hydrogen-bond acceptors (Lipinski definition) is 5. The van der Waals surface area contributed by atoms with Gasteiger partial charge < -0.3 is 15.1 Å². The predicted molar refractivity (Wildman–Crippen MR) is 131 cm³/mol. The summed E-state index contributed by atoms with van der Waals surface area (Å²) in [4.78, 5) is 13.6. The topological polar surface area (TPSA) is 44.3 Å². The lowest BCUT2D eigenvalue weighted by Gasteiger charge is -2.29. The molecule has 0 aliphatic carbocycles. The first kappa shape index (κ1) is 22.7. The fraction of sp³-hybridized carbons (Fsp3) is 0.308. The van der Waals surface area contributed by atoms with Crippen LogP contribution < -0.4 is 15.1 Å². The summed E-state index contributed by atoms with van der Waals surface area (Å²) in [6, 6.07) is 14.1. The first-order valence-corrected chi connectivity index (χ1v) is 11.2. The van der Waals surface area contributed by atoms with Gasteiger partial charge in [0, 0.05) is 44.4 Å². The van der Waals surface area contributed by atoms with E-state index >= 15 is 0 Å². The Morgan fingerprint density at radius 1 is 1.15 bits per heavy atom. The van der Waals surface area contributed by atoms with Crippen molar-refractivity contribution in [1.29, 1.82) is 0 Å². The number of anilines is 3. The van der Waals surface area contributed by atoms with Crippen LogP contribution in [-0.2, 0) is 12.3 Å². The van der Waals surface area contributed by atoms with Gasteiger partial charge in [0.2, 0.25) is 0 Å². The van der Waals surface area contributed by atoms with Crippen molar-refractivity contribution in [3.05, 3.63) is 78.3 Å². The number of hydrogen-bond donors (Lipinski definition) is 1. The third-order valence-corrected chi connectivity index (χ3v) is 5.88. The number of pyridine rings is 2. The molecule has 0 atom stereocenters. The summed E-state index contributed by atoms with van der Waals surface area (Å²) in [6.07, 6.45) is 3.44. The summed E-state index contributed by atoms with van der Waals surface area (Å²) >= 11 is 0. The normalized spacial score (nSPS) is 14.0. The molecule has 5 nitrogen and oxygen atoms in total. The van der Waals surface area contributed by atoms with Gasteiger partial charge >= 0.3 is 0 Å². The van der Waals surface area contributed by atoms with E-state index in [1.54, 1.807) is 12.3 Å². The molecule has 0 spiro atoms. The maximum absolute atomic E-state index is 14.0. The molecule has 1 aliphatic rings. The molecule has 0 radical (unpaired) electrons. The molecule has 1 N–H and O–H groups in total. The van der Waals surface area contributed by atoms with Crippen molar-refractivity contribution < 1.29 is 8.78 Å². The second-order valence-corrected chi connectivity index (χ2v) is 8.37. The molecule has 1 aliphatic heterocycles. The molecule has 0 unspecified atom stereocenters. The average molecular weight is 450 g/mol. The molecule has 4 rings (SSSR count). The van der Waals surface area contributed by atoms with E-state index in [0.717, 1.165) is 49.9 Å². The Hall–Kier alpha value is -3.48. The first-order chi connectivity index (χ1) is 15.8. The van der Waals surface area contributed by atoms with E-state index in [9.17, 15) is 8.78 Å². The zero-order valence-electron chi connectivity index (χ0n) is 19.3. The Morgan fingerprint density at radius 2 is 1.97 bits per heavy atom. The van der Waals surface area contributed by atoms with Gasteiger partial charge in [0.1, 0.15) is 11.6 Å². The number of benzene rings is 1. The summed E-state index contributed by atoms with van der Waals surface area (Å²) in [5.41, 5.74) is 3.47. The maximum Gasteiger partial charge on any atom is 0.270 e. The van der Waals surface area contributed by atoms with Gasteiger partial charge in [-0.25, -0.2) is 18.7 Å². The van der Waals surface area contributed by atoms with Gasteiger partial charge in [0.25, 0.3) is 5.92 Å². The number of aryl methyl sites for hydroxylation is 1. The number of alkyl halides is 2. The van der Waals surface area contributed by atoms with Crippen molar-refractivity contribution in [2.75, 3.05) is 35.3 Å². The van der Waals surface area contributed by atoms with E-state index in [1.165, 1.54) is 12.1 Å². The molecule has 33 heavy (non-hydrogen) atoms. The lowest BCUT2D eigenvalue weighted by atomic mass is 10.0. The third kappa shape index (κ3) is 4.82. The van der Waals surface area contributed by atoms with Crippen molar-refractivity contribution in [2.45, 2.75) is 32.6 Å². The number of halogens is 2. The first-order valence-electron chi connectivity index (χ1n) is 11.2. The predicted octanol–water partition coefficient (Wildman–Crippen LogP) is 6.05. The minimum absolute atomic E-state index is 0.0232. The van der Waals surface area contributed by atoms with Crippen LogP contribution in [0.2, 0.25) is 0 Å². The molecule has 3 aromatic rings. The standard InChI is InChI=1S/C26H29F2N5/c1-5-19-17-22(20-10-8-11-21(16-20)26(3,27)28)31-25-24(19)32(4)14-9-15-33(25)18(2)30-23-12-6-7-13-29-23/h6-8,10-13,16-17H,2,5,9,14-15H2,1,3-4H3,(H,29,30). The van der Waals surface area contributed by atoms with E-state index in [-0.39, 0.29) is 5.56 Å². The van der Waals surface area contributed by atoms with Crippen molar-refractivity contribution in [3.63, 3.8) is 0 Å². The molecule has 3 heterocycles. The molecule has 2 aromatic heterocycles. The summed E-state index contributed by atoms with van der Waals surface area (Å²) in [6.45, 7) is 8.88. The Labute approximate surface area is 193 Å². The van der Waals surface area contributed by atoms with Crippen LogP contribution in [0.1, 0.15) is 31.4 Å². The lowest BCUT2D eigenvalue weighted by Crippen LogP contribution is -2.28. The minimum Gasteiger partial charge on any atom is -0.371 e. The summed E-state index contributed by atoms with van der Waals surface area (Å²) in [7, 11) is 2.07. The van der Waals surface area contributed by atoms with Gasteiger partial charge in [-0.15, -0.1) is 0 Å². The van der Waals surface area contributed by atoms with Gasteiger partial charge in [-0.2, -0.15) is 0 Å². The fourth-order valence-electron chi connectivity index (χ4n) is 4.15. The van der Waals surface area contributed by atoms with Crippen molar-refractivity contribution in [1.82, 2.24) is 9.97 Å². The highest BCUT2D eigenvalue weighted by atomic mass is 19.3. The number of rotatable bonds is 6. The van der Waals surface area contributed by atoms with Gasteiger partial charge in [-0.05, 0) is 42.7 Å². The number of aromatic nitrogens is 2. The monoisotopic (exact) mass is 449 g/mol. The van der Waals surface area contributed by atoms with Crippen LogP contribution in [0.25, 0.3) is 11.3 Å².